The number of carbonyl (C=O) groups is 3. The zero-order chi connectivity index (χ0) is 30.1. The van der Waals surface area contributed by atoms with Gasteiger partial charge in [-0.05, 0) is 42.7 Å². The minimum absolute atomic E-state index is 0.0222. The van der Waals surface area contributed by atoms with Gasteiger partial charge in [-0.1, -0.05) is 66.2 Å². The van der Waals surface area contributed by atoms with Gasteiger partial charge < -0.3 is 25.2 Å². The quantitative estimate of drug-likeness (QED) is 0.296. The summed E-state index contributed by atoms with van der Waals surface area (Å²) in [7, 11) is 0. The number of amides is 3. The molecule has 0 aliphatic carbocycles. The molecular weight excluding hydrogens is 563 g/mol. The molecule has 1 aromatic heterocycles. The summed E-state index contributed by atoms with van der Waals surface area (Å²) < 4.78 is 15.6. The normalized spacial score (nSPS) is 14.3. The molecule has 214 valence electrons. The SMILES string of the molecule is Cc1cccc(C)c1NC(=O)C1Cn2cc(C(=O)Nc3cccc(Cl)c3F)c(=O)c(O)c2C(=O)N1Cc1ccccc1. The summed E-state index contributed by atoms with van der Waals surface area (Å²) >= 11 is 5.79. The number of nitrogens with one attached hydrogen (secondary N) is 2. The summed E-state index contributed by atoms with van der Waals surface area (Å²) in [6.07, 6.45) is 1.09. The molecule has 0 spiro atoms. The molecule has 0 fully saturated rings. The van der Waals surface area contributed by atoms with Crippen molar-refractivity contribution in [3.8, 4) is 5.75 Å². The second-order valence-corrected chi connectivity index (χ2v) is 10.4. The van der Waals surface area contributed by atoms with Crippen LogP contribution in [0.2, 0.25) is 5.02 Å². The highest BCUT2D eigenvalue weighted by Crippen LogP contribution is 2.28. The van der Waals surface area contributed by atoms with Gasteiger partial charge in [-0.25, -0.2) is 4.39 Å². The van der Waals surface area contributed by atoms with Crippen LogP contribution in [0.5, 0.6) is 5.75 Å². The predicted octanol–water partition coefficient (Wildman–Crippen LogP) is 4.88. The third-order valence-corrected chi connectivity index (χ3v) is 7.43. The van der Waals surface area contributed by atoms with Crippen LogP contribution in [0.3, 0.4) is 0 Å². The summed E-state index contributed by atoms with van der Waals surface area (Å²) in [6, 6.07) is 17.4. The Hall–Kier alpha value is -4.96. The lowest BCUT2D eigenvalue weighted by atomic mass is 10.0. The average molecular weight is 589 g/mol. The number of halogens is 2. The fraction of sp³-hybridized carbons (Fsp3) is 0.161. The number of para-hydroxylation sites is 1. The van der Waals surface area contributed by atoms with E-state index in [9.17, 15) is 28.7 Å². The molecule has 0 radical (unpaired) electrons. The van der Waals surface area contributed by atoms with Crippen molar-refractivity contribution < 1.29 is 23.9 Å². The number of carbonyl (C=O) groups excluding carboxylic acids is 3. The van der Waals surface area contributed by atoms with E-state index in [0.717, 1.165) is 22.9 Å². The Balaban J connectivity index is 1.55. The largest absolute Gasteiger partial charge is 0.503 e. The molecule has 1 atom stereocenters. The first kappa shape index (κ1) is 28.6. The van der Waals surface area contributed by atoms with E-state index >= 15 is 0 Å². The Bertz CT molecular complexity index is 1770. The number of pyridine rings is 1. The van der Waals surface area contributed by atoms with Gasteiger partial charge in [0.05, 0.1) is 17.3 Å². The second-order valence-electron chi connectivity index (χ2n) is 9.97. The second kappa shape index (κ2) is 11.5. The third-order valence-electron chi connectivity index (χ3n) is 7.14. The first-order valence-corrected chi connectivity index (χ1v) is 13.4. The highest BCUT2D eigenvalue weighted by Gasteiger charge is 2.40. The lowest BCUT2D eigenvalue weighted by Gasteiger charge is -2.37. The van der Waals surface area contributed by atoms with E-state index in [0.29, 0.717) is 5.69 Å². The third kappa shape index (κ3) is 5.36. The molecular formula is C31H26ClFN4O5. The summed E-state index contributed by atoms with van der Waals surface area (Å²) in [4.78, 5) is 54.9. The lowest BCUT2D eigenvalue weighted by molar-refractivity contribution is -0.121. The van der Waals surface area contributed by atoms with Gasteiger partial charge in [0, 0.05) is 18.4 Å². The van der Waals surface area contributed by atoms with E-state index in [1.54, 1.807) is 24.3 Å². The van der Waals surface area contributed by atoms with E-state index in [4.69, 9.17) is 11.6 Å². The van der Waals surface area contributed by atoms with Crippen LogP contribution in [0, 0.1) is 19.7 Å². The van der Waals surface area contributed by atoms with Crippen LogP contribution in [-0.4, -0.2) is 38.3 Å². The van der Waals surface area contributed by atoms with Gasteiger partial charge in [0.1, 0.15) is 11.6 Å². The monoisotopic (exact) mass is 588 g/mol. The number of rotatable bonds is 6. The van der Waals surface area contributed by atoms with Crippen LogP contribution < -0.4 is 16.1 Å². The van der Waals surface area contributed by atoms with Gasteiger partial charge in [-0.2, -0.15) is 0 Å². The maximum Gasteiger partial charge on any atom is 0.275 e. The van der Waals surface area contributed by atoms with Gasteiger partial charge in [-0.3, -0.25) is 19.2 Å². The molecule has 42 heavy (non-hydrogen) atoms. The molecule has 0 saturated carbocycles. The van der Waals surface area contributed by atoms with Gasteiger partial charge >= 0.3 is 0 Å². The molecule has 3 aromatic carbocycles. The van der Waals surface area contributed by atoms with Crippen LogP contribution in [0.4, 0.5) is 15.8 Å². The van der Waals surface area contributed by atoms with Crippen LogP contribution in [0.1, 0.15) is 37.5 Å². The fourth-order valence-electron chi connectivity index (χ4n) is 4.94. The first-order valence-electron chi connectivity index (χ1n) is 13.0. The van der Waals surface area contributed by atoms with Gasteiger partial charge in [0.15, 0.2) is 17.3 Å². The Morgan fingerprint density at radius 2 is 1.64 bits per heavy atom. The maximum absolute atomic E-state index is 14.4. The van der Waals surface area contributed by atoms with Crippen molar-refractivity contribution in [1.82, 2.24) is 9.47 Å². The molecule has 9 nitrogen and oxygen atoms in total. The summed E-state index contributed by atoms with van der Waals surface area (Å²) in [5, 5.41) is 15.8. The maximum atomic E-state index is 14.4. The topological polar surface area (TPSA) is 121 Å². The van der Waals surface area contributed by atoms with Gasteiger partial charge in [0.2, 0.25) is 11.3 Å². The van der Waals surface area contributed by atoms with E-state index < -0.39 is 46.3 Å². The zero-order valence-electron chi connectivity index (χ0n) is 22.7. The molecule has 2 heterocycles. The van der Waals surface area contributed by atoms with E-state index in [2.05, 4.69) is 10.6 Å². The number of aromatic nitrogens is 1. The fourth-order valence-corrected chi connectivity index (χ4v) is 5.11. The zero-order valence-corrected chi connectivity index (χ0v) is 23.4. The number of hydrogen-bond acceptors (Lipinski definition) is 5. The standard InChI is InChI=1S/C31H26ClFN4O5/c1-17-8-6-9-18(2)25(17)35-30(41)23-16-36-15-20(29(40)34-22-13-7-12-21(32)24(22)33)27(38)28(39)26(36)31(42)37(23)14-19-10-4-3-5-11-19/h3-13,15,23,39H,14,16H2,1-2H3,(H,34,40)(H,35,41). The number of fused-ring (bicyclic) bond motifs is 1. The number of benzene rings is 3. The lowest BCUT2D eigenvalue weighted by Crippen LogP contribution is -2.54. The average Bonchev–Trinajstić information content (AvgIpc) is 2.96. The predicted molar refractivity (Wildman–Crippen MR) is 156 cm³/mol. The Labute approximate surface area is 245 Å². The van der Waals surface area contributed by atoms with Crippen molar-refractivity contribution in [3.63, 3.8) is 0 Å². The smallest absolute Gasteiger partial charge is 0.275 e. The molecule has 1 aliphatic rings. The number of nitrogens with zero attached hydrogens (tertiary/aromatic N) is 2. The van der Waals surface area contributed by atoms with Crippen molar-refractivity contribution in [2.24, 2.45) is 0 Å². The number of aromatic hydroxyl groups is 1. The van der Waals surface area contributed by atoms with Crippen molar-refractivity contribution in [1.29, 1.82) is 0 Å². The van der Waals surface area contributed by atoms with Crippen molar-refractivity contribution >= 4 is 40.7 Å². The molecule has 0 bridgehead atoms. The Kier molecular flexibility index (Phi) is 7.82. The molecule has 3 amide bonds. The van der Waals surface area contributed by atoms with E-state index in [1.807, 2.05) is 38.1 Å². The molecule has 11 heteroatoms. The number of aryl methyl sites for hydroxylation is 2. The minimum atomic E-state index is -1.12. The first-order chi connectivity index (χ1) is 20.1. The van der Waals surface area contributed by atoms with Crippen molar-refractivity contribution in [3.05, 3.63) is 122 Å². The molecule has 3 N–H and O–H groups in total. The highest BCUT2D eigenvalue weighted by atomic mass is 35.5. The molecule has 4 aromatic rings. The molecule has 1 aliphatic heterocycles. The van der Waals surface area contributed by atoms with Crippen LogP contribution >= 0.6 is 11.6 Å². The molecule has 5 rings (SSSR count). The number of hydrogen-bond donors (Lipinski definition) is 3. The van der Waals surface area contributed by atoms with Gasteiger partial charge in [-0.15, -0.1) is 0 Å². The van der Waals surface area contributed by atoms with E-state index in [1.165, 1.54) is 27.7 Å². The van der Waals surface area contributed by atoms with E-state index in [-0.39, 0.29) is 29.5 Å². The highest BCUT2D eigenvalue weighted by molar-refractivity contribution is 6.31. The van der Waals surface area contributed by atoms with Crippen LogP contribution in [0.25, 0.3) is 0 Å². The summed E-state index contributed by atoms with van der Waals surface area (Å²) in [5.41, 5.74) is 0.685. The van der Waals surface area contributed by atoms with Crippen LogP contribution in [-0.2, 0) is 17.9 Å². The molecule has 0 saturated heterocycles. The number of anilines is 2. The van der Waals surface area contributed by atoms with Crippen LogP contribution in [0.15, 0.2) is 77.7 Å². The van der Waals surface area contributed by atoms with Crippen molar-refractivity contribution in [2.45, 2.75) is 33.0 Å². The van der Waals surface area contributed by atoms with Gasteiger partial charge in [0.25, 0.3) is 11.8 Å². The molecule has 1 unspecified atom stereocenters. The summed E-state index contributed by atoms with van der Waals surface area (Å²) in [6.45, 7) is 3.54. The van der Waals surface area contributed by atoms with Crippen molar-refractivity contribution in [2.75, 3.05) is 10.6 Å². The summed E-state index contributed by atoms with van der Waals surface area (Å²) in [5.74, 6) is -4.14. The Morgan fingerprint density at radius 3 is 2.33 bits per heavy atom. The Morgan fingerprint density at radius 1 is 0.976 bits per heavy atom. The minimum Gasteiger partial charge on any atom is -0.503 e.